The minimum Gasteiger partial charge on any atom is -0.465 e. The van der Waals surface area contributed by atoms with Crippen LogP contribution in [-0.2, 0) is 11.8 Å². The molecule has 1 aliphatic heterocycles. The Balaban J connectivity index is 1.59. The number of pyridine rings is 1. The lowest BCUT2D eigenvalue weighted by Gasteiger charge is -2.33. The van der Waals surface area contributed by atoms with Gasteiger partial charge < -0.3 is 19.0 Å². The van der Waals surface area contributed by atoms with E-state index in [2.05, 4.69) is 10.2 Å². The largest absolute Gasteiger partial charge is 0.465 e. The van der Waals surface area contributed by atoms with Gasteiger partial charge >= 0.3 is 0 Å². The second-order valence-electron chi connectivity index (χ2n) is 7.29. The van der Waals surface area contributed by atoms with Gasteiger partial charge in [0.25, 0.3) is 11.5 Å². The molecule has 4 rings (SSSR count). The number of hydrogen-bond donors (Lipinski definition) is 1. The molecular formula is C22H25N3O4. The van der Waals surface area contributed by atoms with Crippen molar-refractivity contribution < 1.29 is 13.9 Å². The van der Waals surface area contributed by atoms with Crippen molar-refractivity contribution in [1.82, 2.24) is 14.8 Å². The van der Waals surface area contributed by atoms with Gasteiger partial charge in [-0.15, -0.1) is 0 Å². The van der Waals surface area contributed by atoms with E-state index in [1.807, 2.05) is 43.3 Å². The summed E-state index contributed by atoms with van der Waals surface area (Å²) in [5, 5.41) is 3.77. The third-order valence-electron chi connectivity index (χ3n) is 5.43. The summed E-state index contributed by atoms with van der Waals surface area (Å²) in [6.45, 7) is 5.15. The Hall–Kier alpha value is -2.90. The Labute approximate surface area is 168 Å². The van der Waals surface area contributed by atoms with Crippen molar-refractivity contribution in [3.63, 3.8) is 0 Å². The van der Waals surface area contributed by atoms with Crippen LogP contribution in [-0.4, -0.2) is 48.2 Å². The molecule has 1 aliphatic rings. The van der Waals surface area contributed by atoms with Gasteiger partial charge in [0.2, 0.25) is 0 Å². The van der Waals surface area contributed by atoms with Gasteiger partial charge in [0, 0.05) is 38.1 Å². The number of hydrogen-bond acceptors (Lipinski definition) is 5. The number of fused-ring (bicyclic) bond motifs is 1. The topological polar surface area (TPSA) is 76.7 Å². The summed E-state index contributed by atoms with van der Waals surface area (Å²) in [6, 6.07) is 12.6. The summed E-state index contributed by atoms with van der Waals surface area (Å²) >= 11 is 0. The maximum atomic E-state index is 13.0. The molecule has 0 bridgehead atoms. The molecule has 1 saturated heterocycles. The van der Waals surface area contributed by atoms with Crippen LogP contribution >= 0.6 is 0 Å². The average molecular weight is 395 g/mol. The van der Waals surface area contributed by atoms with Gasteiger partial charge in [-0.05, 0) is 25.1 Å². The van der Waals surface area contributed by atoms with E-state index < -0.39 is 0 Å². The highest BCUT2D eigenvalue weighted by Crippen LogP contribution is 2.24. The predicted octanol–water partition coefficient (Wildman–Crippen LogP) is 2.24. The summed E-state index contributed by atoms with van der Waals surface area (Å²) in [4.78, 5) is 27.6. The zero-order valence-corrected chi connectivity index (χ0v) is 16.7. The lowest BCUT2D eigenvalue weighted by Crippen LogP contribution is -2.43. The summed E-state index contributed by atoms with van der Waals surface area (Å²) < 4.78 is 12.9. The molecule has 0 radical (unpaired) electrons. The van der Waals surface area contributed by atoms with Gasteiger partial charge in [-0.1, -0.05) is 18.2 Å². The molecule has 7 heteroatoms. The van der Waals surface area contributed by atoms with E-state index in [0.717, 1.165) is 35.5 Å². The molecular weight excluding hydrogens is 370 g/mol. The molecule has 152 valence electrons. The van der Waals surface area contributed by atoms with Crippen LogP contribution in [0.15, 0.2) is 51.7 Å². The molecule has 1 aromatic carbocycles. The Morgan fingerprint density at radius 3 is 2.66 bits per heavy atom. The van der Waals surface area contributed by atoms with E-state index in [9.17, 15) is 9.59 Å². The second kappa shape index (κ2) is 8.23. The summed E-state index contributed by atoms with van der Waals surface area (Å²) in [7, 11) is 1.71. The third-order valence-corrected chi connectivity index (χ3v) is 5.43. The van der Waals surface area contributed by atoms with Crippen LogP contribution in [0.4, 0.5) is 0 Å². The molecule has 7 nitrogen and oxygen atoms in total. The number of amides is 1. The molecule has 1 N–H and O–H groups in total. The molecule has 3 heterocycles. The fourth-order valence-corrected chi connectivity index (χ4v) is 3.81. The van der Waals surface area contributed by atoms with Crippen LogP contribution in [0.3, 0.4) is 0 Å². The number of rotatable bonds is 5. The number of para-hydroxylation sites is 1. The minimum atomic E-state index is -0.263. The van der Waals surface area contributed by atoms with Gasteiger partial charge in [0.1, 0.15) is 11.5 Å². The standard InChI is InChI=1S/C22H25N3O4/c1-15-7-8-20(29-15)19(25-9-11-28-12-10-25)14-23-22(27)17-13-21(26)24(2)18-6-4-3-5-16(17)18/h3-8,13,19H,9-12,14H2,1-2H3,(H,23,27). The molecule has 1 atom stereocenters. The first-order valence-electron chi connectivity index (χ1n) is 9.79. The quantitative estimate of drug-likeness (QED) is 0.717. The SMILES string of the molecule is Cc1ccc(C(CNC(=O)c2cc(=O)n(C)c3ccccc23)N2CCOCC2)o1. The number of aryl methyl sites for hydroxylation is 2. The first kappa shape index (κ1) is 19.4. The van der Waals surface area contributed by atoms with E-state index in [-0.39, 0.29) is 17.5 Å². The third kappa shape index (κ3) is 3.97. The number of benzene rings is 1. The molecule has 3 aromatic rings. The molecule has 0 saturated carbocycles. The molecule has 2 aromatic heterocycles. The zero-order valence-electron chi connectivity index (χ0n) is 16.7. The number of carbonyl (C=O) groups is 1. The maximum absolute atomic E-state index is 13.0. The van der Waals surface area contributed by atoms with Crippen molar-refractivity contribution in [2.45, 2.75) is 13.0 Å². The van der Waals surface area contributed by atoms with Crippen LogP contribution in [0, 0.1) is 6.92 Å². The van der Waals surface area contributed by atoms with Crippen molar-refractivity contribution in [3.8, 4) is 0 Å². The monoisotopic (exact) mass is 395 g/mol. The highest BCUT2D eigenvalue weighted by atomic mass is 16.5. The van der Waals surface area contributed by atoms with Crippen LogP contribution in [0.25, 0.3) is 10.9 Å². The van der Waals surface area contributed by atoms with E-state index in [1.54, 1.807) is 11.6 Å². The Kier molecular flexibility index (Phi) is 5.51. The lowest BCUT2D eigenvalue weighted by atomic mass is 10.1. The first-order chi connectivity index (χ1) is 14.0. The van der Waals surface area contributed by atoms with Crippen LogP contribution in [0.5, 0.6) is 0 Å². The Morgan fingerprint density at radius 1 is 1.17 bits per heavy atom. The predicted molar refractivity (Wildman–Crippen MR) is 110 cm³/mol. The van der Waals surface area contributed by atoms with Crippen molar-refractivity contribution in [1.29, 1.82) is 0 Å². The molecule has 29 heavy (non-hydrogen) atoms. The van der Waals surface area contributed by atoms with Crippen molar-refractivity contribution in [3.05, 3.63) is 69.9 Å². The molecule has 1 unspecified atom stereocenters. The highest BCUT2D eigenvalue weighted by molar-refractivity contribution is 6.06. The van der Waals surface area contributed by atoms with E-state index in [4.69, 9.17) is 9.15 Å². The average Bonchev–Trinajstić information content (AvgIpc) is 3.17. The van der Waals surface area contributed by atoms with Gasteiger partial charge in [-0.25, -0.2) is 0 Å². The normalized spacial score (nSPS) is 16.1. The van der Waals surface area contributed by atoms with Gasteiger partial charge in [-0.3, -0.25) is 14.5 Å². The number of nitrogens with one attached hydrogen (secondary N) is 1. The summed E-state index contributed by atoms with van der Waals surface area (Å²) in [5.74, 6) is 1.39. The number of ether oxygens (including phenoxy) is 1. The van der Waals surface area contributed by atoms with Gasteiger partial charge in [0.05, 0.1) is 30.3 Å². The number of furan rings is 1. The summed E-state index contributed by atoms with van der Waals surface area (Å²) in [5.41, 5.74) is 0.914. The Bertz CT molecular complexity index is 1080. The van der Waals surface area contributed by atoms with Crippen LogP contribution in [0.1, 0.15) is 27.9 Å². The van der Waals surface area contributed by atoms with Gasteiger partial charge in [-0.2, -0.15) is 0 Å². The zero-order chi connectivity index (χ0) is 20.4. The fourth-order valence-electron chi connectivity index (χ4n) is 3.81. The number of carbonyl (C=O) groups excluding carboxylic acids is 1. The highest BCUT2D eigenvalue weighted by Gasteiger charge is 2.26. The lowest BCUT2D eigenvalue weighted by molar-refractivity contribution is 0.0117. The first-order valence-corrected chi connectivity index (χ1v) is 9.79. The van der Waals surface area contributed by atoms with Crippen molar-refractivity contribution >= 4 is 16.8 Å². The van der Waals surface area contributed by atoms with Crippen LogP contribution < -0.4 is 10.9 Å². The van der Waals surface area contributed by atoms with E-state index in [1.165, 1.54) is 6.07 Å². The molecule has 0 spiro atoms. The van der Waals surface area contributed by atoms with Gasteiger partial charge in [0.15, 0.2) is 0 Å². The smallest absolute Gasteiger partial charge is 0.252 e. The summed E-state index contributed by atoms with van der Waals surface area (Å²) in [6.07, 6.45) is 0. The number of aromatic nitrogens is 1. The number of morpholine rings is 1. The molecule has 1 fully saturated rings. The van der Waals surface area contributed by atoms with E-state index in [0.29, 0.717) is 25.3 Å². The maximum Gasteiger partial charge on any atom is 0.252 e. The molecule has 0 aliphatic carbocycles. The second-order valence-corrected chi connectivity index (χ2v) is 7.29. The van der Waals surface area contributed by atoms with Crippen LogP contribution in [0.2, 0.25) is 0 Å². The van der Waals surface area contributed by atoms with Crippen molar-refractivity contribution in [2.75, 3.05) is 32.8 Å². The minimum absolute atomic E-state index is 0.0886. The Morgan fingerprint density at radius 2 is 1.93 bits per heavy atom. The molecule has 1 amide bonds. The number of nitrogens with zero attached hydrogens (tertiary/aromatic N) is 2. The van der Waals surface area contributed by atoms with Crippen molar-refractivity contribution in [2.24, 2.45) is 7.05 Å². The fraction of sp³-hybridized carbons (Fsp3) is 0.364. The van der Waals surface area contributed by atoms with E-state index >= 15 is 0 Å².